The van der Waals surface area contributed by atoms with Crippen molar-refractivity contribution in [3.63, 3.8) is 0 Å². The zero-order chi connectivity index (χ0) is 17.1. The second-order valence-corrected chi connectivity index (χ2v) is 7.30. The first-order valence-electron chi connectivity index (χ1n) is 9.19. The zero-order valence-electron chi connectivity index (χ0n) is 14.4. The van der Waals surface area contributed by atoms with E-state index in [1.807, 2.05) is 24.3 Å². The quantitative estimate of drug-likeness (QED) is 0.894. The predicted molar refractivity (Wildman–Crippen MR) is 92.6 cm³/mol. The third-order valence-corrected chi connectivity index (χ3v) is 5.74. The van der Waals surface area contributed by atoms with Gasteiger partial charge in [-0.3, -0.25) is 9.59 Å². The van der Waals surface area contributed by atoms with Crippen LogP contribution in [0.5, 0.6) is 0 Å². The number of fused-ring (bicyclic) bond motifs is 1. The van der Waals surface area contributed by atoms with Gasteiger partial charge in [0.25, 0.3) is 0 Å². The first kappa shape index (κ1) is 17.0. The molecule has 4 heteroatoms. The molecule has 1 heterocycles. The van der Waals surface area contributed by atoms with Crippen LogP contribution in [0, 0.1) is 11.8 Å². The van der Waals surface area contributed by atoms with Crippen LogP contribution in [-0.4, -0.2) is 28.4 Å². The Morgan fingerprint density at radius 1 is 1.25 bits per heavy atom. The molecular weight excluding hydrogens is 302 g/mol. The minimum Gasteiger partial charge on any atom is -0.481 e. The molecule has 2 atom stereocenters. The van der Waals surface area contributed by atoms with Gasteiger partial charge in [0.1, 0.15) is 0 Å². The number of nitrogens with zero attached hydrogens (tertiary/aromatic N) is 1. The molecule has 0 spiro atoms. The summed E-state index contributed by atoms with van der Waals surface area (Å²) in [6, 6.07) is 7.62. The zero-order valence-corrected chi connectivity index (χ0v) is 14.4. The van der Waals surface area contributed by atoms with Crippen molar-refractivity contribution in [2.45, 2.75) is 57.9 Å². The molecule has 0 saturated heterocycles. The molecule has 4 nitrogen and oxygen atoms in total. The fourth-order valence-electron chi connectivity index (χ4n) is 4.33. The molecule has 0 bridgehead atoms. The molecule has 1 saturated carbocycles. The van der Waals surface area contributed by atoms with Crippen LogP contribution in [0.15, 0.2) is 24.3 Å². The first-order chi connectivity index (χ1) is 11.6. The smallest absolute Gasteiger partial charge is 0.312 e. The summed E-state index contributed by atoms with van der Waals surface area (Å²) in [5.41, 5.74) is 1.83. The number of amides is 1. The fourth-order valence-corrected chi connectivity index (χ4v) is 4.33. The molecule has 2 aliphatic rings. The maximum atomic E-state index is 13.0. The van der Waals surface area contributed by atoms with Crippen molar-refractivity contribution >= 4 is 11.9 Å². The molecule has 1 N–H and O–H groups in total. The van der Waals surface area contributed by atoms with Gasteiger partial charge in [0.2, 0.25) is 5.91 Å². The predicted octanol–water partition coefficient (Wildman–Crippen LogP) is 3.80. The third-order valence-electron chi connectivity index (χ3n) is 5.74. The maximum Gasteiger partial charge on any atom is 0.312 e. The topological polar surface area (TPSA) is 57.6 Å². The molecule has 24 heavy (non-hydrogen) atoms. The third kappa shape index (κ3) is 3.47. The summed E-state index contributed by atoms with van der Waals surface area (Å²) in [4.78, 5) is 26.5. The van der Waals surface area contributed by atoms with Gasteiger partial charge in [0.05, 0.1) is 5.92 Å². The number of carbonyl (C=O) groups excluding carboxylic acids is 1. The summed E-state index contributed by atoms with van der Waals surface area (Å²) in [5.74, 6) is -0.601. The first-order valence-corrected chi connectivity index (χ1v) is 9.19. The van der Waals surface area contributed by atoms with E-state index in [0.717, 1.165) is 24.0 Å². The lowest BCUT2D eigenvalue weighted by molar-refractivity contribution is -0.143. The van der Waals surface area contributed by atoms with E-state index in [1.165, 1.54) is 25.7 Å². The van der Waals surface area contributed by atoms with Crippen LogP contribution in [0.1, 0.15) is 62.5 Å². The lowest BCUT2D eigenvalue weighted by Crippen LogP contribution is -2.43. The van der Waals surface area contributed by atoms with Gasteiger partial charge in [-0.05, 0) is 29.9 Å². The van der Waals surface area contributed by atoms with Crippen LogP contribution in [0.25, 0.3) is 0 Å². The average molecular weight is 329 g/mol. The molecule has 130 valence electrons. The Morgan fingerprint density at radius 2 is 1.96 bits per heavy atom. The molecule has 1 fully saturated rings. The number of carboxylic acids is 1. The second-order valence-electron chi connectivity index (χ2n) is 7.30. The highest BCUT2D eigenvalue weighted by molar-refractivity contribution is 5.82. The van der Waals surface area contributed by atoms with Crippen molar-refractivity contribution in [1.29, 1.82) is 0 Å². The van der Waals surface area contributed by atoms with Crippen molar-refractivity contribution in [1.82, 2.24) is 4.90 Å². The largest absolute Gasteiger partial charge is 0.481 e. The van der Waals surface area contributed by atoms with Gasteiger partial charge in [-0.1, -0.05) is 56.9 Å². The maximum absolute atomic E-state index is 13.0. The molecule has 2 unspecified atom stereocenters. The van der Waals surface area contributed by atoms with E-state index in [9.17, 15) is 14.7 Å². The minimum atomic E-state index is -0.844. The van der Waals surface area contributed by atoms with Crippen molar-refractivity contribution in [3.8, 4) is 0 Å². The standard InChI is InChI=1S/C20H27NO3/c1-2-15(11-14-7-3-4-8-14)19(22)21-12-16-9-5-6-10-17(16)18(13-21)20(23)24/h5-6,9-10,14-15,18H,2-4,7-8,11-13H2,1H3,(H,23,24). The molecule has 3 rings (SSSR count). The molecular formula is C20H27NO3. The molecule has 0 radical (unpaired) electrons. The number of carbonyl (C=O) groups is 2. The normalized spacial score (nSPS) is 22.2. The van der Waals surface area contributed by atoms with Crippen molar-refractivity contribution in [2.75, 3.05) is 6.54 Å². The van der Waals surface area contributed by atoms with E-state index in [0.29, 0.717) is 19.0 Å². The van der Waals surface area contributed by atoms with Crippen molar-refractivity contribution in [3.05, 3.63) is 35.4 Å². The van der Waals surface area contributed by atoms with Crippen LogP contribution in [0.4, 0.5) is 0 Å². The summed E-state index contributed by atoms with van der Waals surface area (Å²) in [7, 11) is 0. The summed E-state index contributed by atoms with van der Waals surface area (Å²) in [5, 5.41) is 9.57. The van der Waals surface area contributed by atoms with Crippen LogP contribution in [0.2, 0.25) is 0 Å². The minimum absolute atomic E-state index is 0.0350. The number of hydrogen-bond donors (Lipinski definition) is 1. The van der Waals surface area contributed by atoms with Crippen LogP contribution < -0.4 is 0 Å². The summed E-state index contributed by atoms with van der Waals surface area (Å²) < 4.78 is 0. The molecule has 1 aliphatic heterocycles. The number of rotatable bonds is 5. The Hall–Kier alpha value is -1.84. The fraction of sp³-hybridized carbons (Fsp3) is 0.600. The van der Waals surface area contributed by atoms with E-state index >= 15 is 0 Å². The van der Waals surface area contributed by atoms with Crippen molar-refractivity contribution < 1.29 is 14.7 Å². The Morgan fingerprint density at radius 3 is 2.62 bits per heavy atom. The highest BCUT2D eigenvalue weighted by Crippen LogP contribution is 2.34. The number of benzene rings is 1. The molecule has 1 aromatic rings. The van der Waals surface area contributed by atoms with Crippen molar-refractivity contribution in [2.24, 2.45) is 11.8 Å². The van der Waals surface area contributed by atoms with E-state index in [4.69, 9.17) is 0 Å². The van der Waals surface area contributed by atoms with E-state index < -0.39 is 11.9 Å². The van der Waals surface area contributed by atoms with E-state index in [2.05, 4.69) is 6.92 Å². The highest BCUT2D eigenvalue weighted by atomic mass is 16.4. The Bertz CT molecular complexity index is 607. The second kappa shape index (κ2) is 7.37. The molecule has 1 amide bonds. The van der Waals surface area contributed by atoms with Crippen LogP contribution in [0.3, 0.4) is 0 Å². The Kier molecular flexibility index (Phi) is 5.22. The van der Waals surface area contributed by atoms with E-state index in [-0.39, 0.29) is 11.8 Å². The van der Waals surface area contributed by atoms with Gasteiger partial charge < -0.3 is 10.0 Å². The average Bonchev–Trinajstić information content (AvgIpc) is 3.11. The van der Waals surface area contributed by atoms with Crippen LogP contribution >= 0.6 is 0 Å². The Labute approximate surface area is 143 Å². The number of carboxylic acid groups (broad SMARTS) is 1. The summed E-state index contributed by atoms with van der Waals surface area (Å²) >= 11 is 0. The highest BCUT2D eigenvalue weighted by Gasteiger charge is 2.35. The lowest BCUT2D eigenvalue weighted by Gasteiger charge is -2.35. The monoisotopic (exact) mass is 329 g/mol. The van der Waals surface area contributed by atoms with Gasteiger partial charge in [0, 0.05) is 19.0 Å². The van der Waals surface area contributed by atoms with Gasteiger partial charge in [-0.15, -0.1) is 0 Å². The molecule has 1 aromatic carbocycles. The van der Waals surface area contributed by atoms with Gasteiger partial charge in [0.15, 0.2) is 0 Å². The number of aliphatic carboxylic acids is 1. The molecule has 0 aromatic heterocycles. The van der Waals surface area contributed by atoms with Gasteiger partial charge in [-0.25, -0.2) is 0 Å². The van der Waals surface area contributed by atoms with Gasteiger partial charge >= 0.3 is 5.97 Å². The van der Waals surface area contributed by atoms with E-state index in [1.54, 1.807) is 4.90 Å². The summed E-state index contributed by atoms with van der Waals surface area (Å²) in [6.07, 6.45) is 6.85. The molecule has 1 aliphatic carbocycles. The van der Waals surface area contributed by atoms with Crippen LogP contribution in [-0.2, 0) is 16.1 Å². The van der Waals surface area contributed by atoms with Gasteiger partial charge in [-0.2, -0.15) is 0 Å². The number of hydrogen-bond acceptors (Lipinski definition) is 2. The summed E-state index contributed by atoms with van der Waals surface area (Å²) in [6.45, 7) is 2.91. The Balaban J connectivity index is 1.76. The SMILES string of the molecule is CCC(CC1CCCC1)C(=O)N1Cc2ccccc2C(C(=O)O)C1. The lowest BCUT2D eigenvalue weighted by atomic mass is 9.86.